The molecule has 0 bridgehead atoms. The summed E-state index contributed by atoms with van der Waals surface area (Å²) in [5.74, 6) is -6.42. The lowest BCUT2D eigenvalue weighted by molar-refractivity contribution is -0.250. The van der Waals surface area contributed by atoms with Gasteiger partial charge in [0.15, 0.2) is 10.8 Å². The molecule has 38 heavy (non-hydrogen) atoms. The molecule has 0 amide bonds. The Hall–Kier alpha value is -3.44. The summed E-state index contributed by atoms with van der Waals surface area (Å²) in [6, 6.07) is 0. The van der Waals surface area contributed by atoms with Gasteiger partial charge in [-0.05, 0) is 32.6 Å². The largest absolute Gasteiger partial charge is 0.422 e. The molecule has 1 atom stereocenters. The van der Waals surface area contributed by atoms with Crippen molar-refractivity contribution in [1.82, 2.24) is 0 Å². The molecule has 3 aliphatic heterocycles. The van der Waals surface area contributed by atoms with E-state index in [0.717, 1.165) is 0 Å². The predicted molar refractivity (Wildman–Crippen MR) is 127 cm³/mol. The molecule has 0 aromatic heterocycles. The van der Waals surface area contributed by atoms with E-state index >= 15 is 0 Å². The first-order valence-electron chi connectivity index (χ1n) is 12.2. The molecule has 0 N–H and O–H groups in total. The van der Waals surface area contributed by atoms with Crippen LogP contribution in [0, 0.1) is 16.7 Å². The molecule has 3 heterocycles. The summed E-state index contributed by atoms with van der Waals surface area (Å²) in [5, 5.41) is 0. The standard InChI is InChI=1S/C9H12O4.C9H14O4.C8H10O4/c1-5-4-9(5)6(10)12-8(2,3)13-7(9)11;1-5-9(4)6(10)12-8(2,3)13-7(9)11;1-4-5-6(9)11-8(2,3)12-7(5)10/h5H,4H2,1-3H3;5H2,1-4H3;4H,1-3H3. The number of hydrogen-bond acceptors (Lipinski definition) is 12. The summed E-state index contributed by atoms with van der Waals surface area (Å²) in [6.07, 6.45) is 2.32. The van der Waals surface area contributed by atoms with Gasteiger partial charge in [-0.3, -0.25) is 19.2 Å². The Labute approximate surface area is 221 Å². The Bertz CT molecular complexity index is 970. The van der Waals surface area contributed by atoms with Crippen LogP contribution in [0.25, 0.3) is 0 Å². The van der Waals surface area contributed by atoms with Crippen molar-refractivity contribution in [1.29, 1.82) is 0 Å². The molecule has 4 aliphatic rings. The number of esters is 6. The Morgan fingerprint density at radius 2 is 0.974 bits per heavy atom. The summed E-state index contributed by atoms with van der Waals surface area (Å²) < 4.78 is 29.6. The highest BCUT2D eigenvalue weighted by atomic mass is 16.8. The Morgan fingerprint density at radius 3 is 1.26 bits per heavy atom. The van der Waals surface area contributed by atoms with Crippen LogP contribution in [-0.2, 0) is 57.2 Å². The lowest BCUT2D eigenvalue weighted by atomic mass is 9.87. The summed E-state index contributed by atoms with van der Waals surface area (Å²) in [4.78, 5) is 68.0. The highest BCUT2D eigenvalue weighted by Crippen LogP contribution is 2.56. The van der Waals surface area contributed by atoms with Gasteiger partial charge >= 0.3 is 35.8 Å². The second-order valence-electron chi connectivity index (χ2n) is 11.0. The molecule has 0 aromatic rings. The lowest BCUT2D eigenvalue weighted by Gasteiger charge is -2.37. The van der Waals surface area contributed by atoms with Crippen LogP contribution in [0.15, 0.2) is 11.6 Å². The minimum atomic E-state index is -1.14. The molecule has 1 aliphatic carbocycles. The molecule has 212 valence electrons. The molecule has 1 spiro atoms. The number of hydrogen-bond donors (Lipinski definition) is 0. The zero-order valence-electron chi connectivity index (χ0n) is 23.5. The molecule has 12 heteroatoms. The van der Waals surface area contributed by atoms with Gasteiger partial charge in [0.05, 0.1) is 0 Å². The molecular weight excluding hydrogens is 504 g/mol. The summed E-state index contributed by atoms with van der Waals surface area (Å²) in [5.41, 5.74) is -2.14. The second-order valence-corrected chi connectivity index (χ2v) is 11.0. The van der Waals surface area contributed by atoms with Crippen molar-refractivity contribution in [2.24, 2.45) is 16.7 Å². The molecule has 0 radical (unpaired) electrons. The van der Waals surface area contributed by atoms with E-state index in [1.54, 1.807) is 27.7 Å². The van der Waals surface area contributed by atoms with Crippen LogP contribution in [-0.4, -0.2) is 53.2 Å². The van der Waals surface area contributed by atoms with Crippen LogP contribution >= 0.6 is 0 Å². The van der Waals surface area contributed by atoms with Gasteiger partial charge in [-0.1, -0.05) is 19.9 Å². The van der Waals surface area contributed by atoms with Gasteiger partial charge in [0, 0.05) is 41.5 Å². The van der Waals surface area contributed by atoms with Crippen molar-refractivity contribution < 1.29 is 57.2 Å². The second kappa shape index (κ2) is 10.0. The third kappa shape index (κ3) is 6.16. The maximum Gasteiger partial charge on any atom is 0.348 e. The van der Waals surface area contributed by atoms with Crippen molar-refractivity contribution >= 4 is 35.8 Å². The normalized spacial score (nSPS) is 26.9. The van der Waals surface area contributed by atoms with E-state index in [0.29, 0.717) is 12.8 Å². The van der Waals surface area contributed by atoms with Crippen LogP contribution in [0.2, 0.25) is 0 Å². The van der Waals surface area contributed by atoms with Crippen molar-refractivity contribution in [3.05, 3.63) is 11.6 Å². The third-order valence-corrected chi connectivity index (χ3v) is 6.41. The number of carbonyl (C=O) groups is 6. The van der Waals surface area contributed by atoms with Gasteiger partial charge in [-0.15, -0.1) is 0 Å². The monoisotopic (exact) mass is 540 g/mol. The fourth-order valence-electron chi connectivity index (χ4n) is 3.69. The molecule has 0 aromatic carbocycles. The first-order chi connectivity index (χ1) is 17.2. The molecule has 4 fully saturated rings. The van der Waals surface area contributed by atoms with Gasteiger partial charge < -0.3 is 28.4 Å². The quantitative estimate of drug-likeness (QED) is 0.158. The van der Waals surface area contributed by atoms with Gasteiger partial charge in [-0.25, -0.2) is 9.59 Å². The fraction of sp³-hybridized carbons (Fsp3) is 0.692. The smallest absolute Gasteiger partial charge is 0.348 e. The Kier molecular flexibility index (Phi) is 8.12. The average molecular weight is 541 g/mol. The number of allylic oxidation sites excluding steroid dienone is 1. The number of cyclic esters (lactones) is 6. The Morgan fingerprint density at radius 1 is 0.658 bits per heavy atom. The summed E-state index contributed by atoms with van der Waals surface area (Å²) >= 11 is 0. The zero-order valence-corrected chi connectivity index (χ0v) is 23.5. The van der Waals surface area contributed by atoms with Gasteiger partial charge in [0.1, 0.15) is 5.57 Å². The lowest BCUT2D eigenvalue weighted by Crippen LogP contribution is -2.52. The first-order valence-corrected chi connectivity index (χ1v) is 12.2. The summed E-state index contributed by atoms with van der Waals surface area (Å²) in [6.45, 7) is 15.9. The van der Waals surface area contributed by atoms with E-state index in [2.05, 4.69) is 0 Å². The van der Waals surface area contributed by atoms with E-state index in [1.165, 1.54) is 40.7 Å². The van der Waals surface area contributed by atoms with Crippen LogP contribution in [0.1, 0.15) is 82.1 Å². The highest BCUT2D eigenvalue weighted by molar-refractivity contribution is 6.15. The van der Waals surface area contributed by atoms with Gasteiger partial charge in [0.25, 0.3) is 17.4 Å². The van der Waals surface area contributed by atoms with E-state index in [9.17, 15) is 28.8 Å². The maximum atomic E-state index is 11.5. The molecular formula is C26H36O12. The number of carbonyl (C=O) groups excluding carboxylic acids is 6. The molecule has 1 unspecified atom stereocenters. The van der Waals surface area contributed by atoms with Gasteiger partial charge in [0.2, 0.25) is 0 Å². The van der Waals surface area contributed by atoms with Crippen molar-refractivity contribution in [2.75, 3.05) is 0 Å². The first kappa shape index (κ1) is 30.8. The van der Waals surface area contributed by atoms with Crippen LogP contribution < -0.4 is 0 Å². The molecule has 12 nitrogen and oxygen atoms in total. The highest BCUT2D eigenvalue weighted by Gasteiger charge is 2.69. The van der Waals surface area contributed by atoms with Crippen LogP contribution in [0.4, 0.5) is 0 Å². The van der Waals surface area contributed by atoms with Gasteiger partial charge in [-0.2, -0.15) is 0 Å². The SMILES string of the molecule is CC1CC12C(=O)OC(C)(C)OC2=O.CC=C1C(=O)OC(C)(C)OC1=O.CCC1(C)C(=O)OC(C)(C)OC1=O. The fourth-order valence-corrected chi connectivity index (χ4v) is 3.69. The Balaban J connectivity index is 0.000000200. The average Bonchev–Trinajstić information content (AvgIpc) is 3.42. The summed E-state index contributed by atoms with van der Waals surface area (Å²) in [7, 11) is 0. The molecule has 4 rings (SSSR count). The molecule has 1 saturated carbocycles. The topological polar surface area (TPSA) is 158 Å². The number of ether oxygens (including phenoxy) is 6. The van der Waals surface area contributed by atoms with E-state index in [-0.39, 0.29) is 11.5 Å². The minimum Gasteiger partial charge on any atom is -0.422 e. The van der Waals surface area contributed by atoms with Crippen LogP contribution in [0.5, 0.6) is 0 Å². The van der Waals surface area contributed by atoms with E-state index in [1.807, 2.05) is 6.92 Å². The van der Waals surface area contributed by atoms with Crippen molar-refractivity contribution in [2.45, 2.75) is 99.4 Å². The van der Waals surface area contributed by atoms with E-state index < -0.39 is 64.0 Å². The van der Waals surface area contributed by atoms with Crippen molar-refractivity contribution in [3.63, 3.8) is 0 Å². The molecule has 3 saturated heterocycles. The third-order valence-electron chi connectivity index (χ3n) is 6.41. The number of rotatable bonds is 1. The zero-order chi connectivity index (χ0) is 29.5. The van der Waals surface area contributed by atoms with Crippen LogP contribution in [0.3, 0.4) is 0 Å². The van der Waals surface area contributed by atoms with E-state index in [4.69, 9.17) is 28.4 Å². The predicted octanol–water partition coefficient (Wildman–Crippen LogP) is 2.86. The minimum absolute atomic E-state index is 0.0469. The maximum absolute atomic E-state index is 11.5. The van der Waals surface area contributed by atoms with Crippen molar-refractivity contribution in [3.8, 4) is 0 Å².